The smallest absolute Gasteiger partial charge is 0.260 e. The van der Waals surface area contributed by atoms with Crippen LogP contribution in [0.4, 0.5) is 0 Å². The highest BCUT2D eigenvalue weighted by Gasteiger charge is 2.35. The Hall–Kier alpha value is -1.66. The minimum Gasteiger partial charge on any atom is -0.467 e. The lowest BCUT2D eigenvalue weighted by molar-refractivity contribution is -0.136. The fraction of sp³-hybridized carbons (Fsp3) is 0.600. The van der Waals surface area contributed by atoms with Crippen LogP contribution in [0.25, 0.3) is 0 Å². The molecule has 0 saturated carbocycles. The van der Waals surface area contributed by atoms with Gasteiger partial charge < -0.3 is 19.5 Å². The Morgan fingerprint density at radius 3 is 3.00 bits per heavy atom. The number of ether oxygens (including phenoxy) is 2. The van der Waals surface area contributed by atoms with Gasteiger partial charge in [-0.15, -0.1) is 0 Å². The Balaban J connectivity index is 1.97. The van der Waals surface area contributed by atoms with Crippen molar-refractivity contribution in [1.29, 1.82) is 0 Å². The van der Waals surface area contributed by atoms with Crippen LogP contribution < -0.4 is 4.74 Å². The molecule has 1 saturated heterocycles. The van der Waals surface area contributed by atoms with Crippen molar-refractivity contribution in [2.24, 2.45) is 0 Å². The molecule has 1 fully saturated rings. The maximum Gasteiger partial charge on any atom is 0.260 e. The Labute approximate surface area is 124 Å². The third kappa shape index (κ3) is 3.51. The first-order chi connectivity index (χ1) is 10.0. The van der Waals surface area contributed by atoms with Crippen molar-refractivity contribution in [2.75, 3.05) is 26.9 Å². The number of nitrogens with zero attached hydrogens (tertiary/aromatic N) is 2. The lowest BCUT2D eigenvalue weighted by Gasteiger charge is -2.25. The summed E-state index contributed by atoms with van der Waals surface area (Å²) >= 11 is 0. The molecule has 0 aliphatic carbocycles. The summed E-state index contributed by atoms with van der Waals surface area (Å²) in [6.07, 6.45) is 1.70. The van der Waals surface area contributed by atoms with Crippen LogP contribution in [-0.4, -0.2) is 59.9 Å². The second kappa shape index (κ2) is 6.87. The highest BCUT2D eigenvalue weighted by Crippen LogP contribution is 2.20. The average molecular weight is 294 g/mol. The lowest BCUT2D eigenvalue weighted by atomic mass is 10.2. The van der Waals surface area contributed by atoms with Crippen LogP contribution >= 0.6 is 0 Å². The van der Waals surface area contributed by atoms with Crippen LogP contribution in [0, 0.1) is 13.8 Å². The van der Waals surface area contributed by atoms with Gasteiger partial charge in [0.15, 0.2) is 6.61 Å². The highest BCUT2D eigenvalue weighted by molar-refractivity contribution is 5.78. The van der Waals surface area contributed by atoms with E-state index in [9.17, 15) is 9.90 Å². The van der Waals surface area contributed by atoms with E-state index in [1.54, 1.807) is 18.2 Å². The minimum absolute atomic E-state index is 0.0791. The van der Waals surface area contributed by atoms with Crippen molar-refractivity contribution in [3.8, 4) is 5.88 Å². The van der Waals surface area contributed by atoms with E-state index in [1.165, 1.54) is 0 Å². The zero-order valence-corrected chi connectivity index (χ0v) is 12.7. The molecule has 116 valence electrons. The second-order valence-electron chi connectivity index (χ2n) is 5.31. The van der Waals surface area contributed by atoms with Gasteiger partial charge in [0.05, 0.1) is 18.8 Å². The lowest BCUT2D eigenvalue weighted by Crippen LogP contribution is -2.44. The van der Waals surface area contributed by atoms with Crippen molar-refractivity contribution in [1.82, 2.24) is 9.88 Å². The van der Waals surface area contributed by atoms with E-state index in [1.807, 2.05) is 19.9 Å². The fourth-order valence-corrected chi connectivity index (χ4v) is 2.48. The van der Waals surface area contributed by atoms with Gasteiger partial charge in [0, 0.05) is 25.4 Å². The summed E-state index contributed by atoms with van der Waals surface area (Å²) in [6.45, 7) is 4.66. The predicted octanol–water partition coefficient (Wildman–Crippen LogP) is 0.685. The third-order valence-corrected chi connectivity index (χ3v) is 3.93. The SMILES string of the molecule is COC[C@H]1[C@H](O)CCN1C(=O)COc1nccc(C)c1C. The van der Waals surface area contributed by atoms with Crippen LogP contribution in [0.2, 0.25) is 0 Å². The Morgan fingerprint density at radius 2 is 2.29 bits per heavy atom. The van der Waals surface area contributed by atoms with Crippen molar-refractivity contribution in [3.63, 3.8) is 0 Å². The van der Waals surface area contributed by atoms with Gasteiger partial charge in [-0.05, 0) is 31.9 Å². The van der Waals surface area contributed by atoms with Crippen molar-refractivity contribution >= 4 is 5.91 Å². The van der Waals surface area contributed by atoms with Crippen LogP contribution in [0.3, 0.4) is 0 Å². The molecule has 1 aromatic heterocycles. The van der Waals surface area contributed by atoms with Gasteiger partial charge in [-0.1, -0.05) is 0 Å². The molecule has 2 heterocycles. The molecule has 1 aliphatic rings. The van der Waals surface area contributed by atoms with Gasteiger partial charge in [-0.2, -0.15) is 0 Å². The highest BCUT2D eigenvalue weighted by atomic mass is 16.5. The van der Waals surface area contributed by atoms with Gasteiger partial charge in [-0.3, -0.25) is 4.79 Å². The zero-order valence-electron chi connectivity index (χ0n) is 12.7. The van der Waals surface area contributed by atoms with E-state index in [-0.39, 0.29) is 18.6 Å². The molecule has 21 heavy (non-hydrogen) atoms. The summed E-state index contributed by atoms with van der Waals surface area (Å²) in [6, 6.07) is 1.60. The first kappa shape index (κ1) is 15.7. The van der Waals surface area contributed by atoms with E-state index < -0.39 is 6.10 Å². The van der Waals surface area contributed by atoms with Crippen LogP contribution in [0.1, 0.15) is 17.5 Å². The Kier molecular flexibility index (Phi) is 5.14. The quantitative estimate of drug-likeness (QED) is 0.865. The normalized spacial score (nSPS) is 21.6. The van der Waals surface area contributed by atoms with Crippen molar-refractivity contribution in [2.45, 2.75) is 32.4 Å². The number of aliphatic hydroxyl groups excluding tert-OH is 1. The maximum atomic E-state index is 12.3. The van der Waals surface area contributed by atoms with E-state index >= 15 is 0 Å². The number of carbonyl (C=O) groups is 1. The van der Waals surface area contributed by atoms with Gasteiger partial charge in [0.25, 0.3) is 5.91 Å². The van der Waals surface area contributed by atoms with Crippen molar-refractivity contribution in [3.05, 3.63) is 23.4 Å². The van der Waals surface area contributed by atoms with Crippen LogP contribution in [0.5, 0.6) is 5.88 Å². The Morgan fingerprint density at radius 1 is 1.52 bits per heavy atom. The number of carbonyl (C=O) groups excluding carboxylic acids is 1. The molecule has 1 aromatic rings. The summed E-state index contributed by atoms with van der Waals surface area (Å²) < 4.78 is 10.6. The van der Waals surface area contributed by atoms with E-state index in [2.05, 4.69) is 4.98 Å². The standard InChI is InChI=1S/C15H22N2O4/c1-10-4-6-16-15(11(10)2)21-9-14(19)17-7-5-13(18)12(17)8-20-3/h4,6,12-13,18H,5,7-9H2,1-3H3/t12-,13+/m0/s1. The summed E-state index contributed by atoms with van der Waals surface area (Å²) in [5.41, 5.74) is 2.00. The van der Waals surface area contributed by atoms with Gasteiger partial charge >= 0.3 is 0 Å². The van der Waals surface area contributed by atoms with Gasteiger partial charge in [-0.25, -0.2) is 4.98 Å². The van der Waals surface area contributed by atoms with Crippen LogP contribution in [0.15, 0.2) is 12.3 Å². The zero-order chi connectivity index (χ0) is 15.4. The molecule has 1 amide bonds. The third-order valence-electron chi connectivity index (χ3n) is 3.93. The number of aromatic nitrogens is 1. The summed E-state index contributed by atoms with van der Waals surface area (Å²) in [5, 5.41) is 9.88. The Bertz CT molecular complexity index is 506. The number of aliphatic hydroxyl groups is 1. The number of hydrogen-bond donors (Lipinski definition) is 1. The average Bonchev–Trinajstić information content (AvgIpc) is 2.82. The summed E-state index contributed by atoms with van der Waals surface area (Å²) in [5.74, 6) is 0.322. The molecule has 6 heteroatoms. The van der Waals surface area contributed by atoms with E-state index in [0.717, 1.165) is 11.1 Å². The number of likely N-dealkylation sites (tertiary alicyclic amines) is 1. The number of aryl methyl sites for hydroxylation is 1. The predicted molar refractivity (Wildman–Crippen MR) is 77.2 cm³/mol. The fourth-order valence-electron chi connectivity index (χ4n) is 2.48. The van der Waals surface area contributed by atoms with Gasteiger partial charge in [0.1, 0.15) is 0 Å². The van der Waals surface area contributed by atoms with Crippen LogP contribution in [-0.2, 0) is 9.53 Å². The first-order valence-electron chi connectivity index (χ1n) is 7.06. The summed E-state index contributed by atoms with van der Waals surface area (Å²) in [4.78, 5) is 18.0. The molecular weight excluding hydrogens is 272 g/mol. The molecule has 0 unspecified atom stereocenters. The second-order valence-corrected chi connectivity index (χ2v) is 5.31. The van der Waals surface area contributed by atoms with E-state index in [0.29, 0.717) is 25.5 Å². The first-order valence-corrected chi connectivity index (χ1v) is 7.06. The van der Waals surface area contributed by atoms with E-state index in [4.69, 9.17) is 9.47 Å². The largest absolute Gasteiger partial charge is 0.467 e. The molecule has 1 N–H and O–H groups in total. The molecule has 0 aromatic carbocycles. The van der Waals surface area contributed by atoms with Gasteiger partial charge in [0.2, 0.25) is 5.88 Å². The molecule has 1 aliphatic heterocycles. The maximum absolute atomic E-state index is 12.3. The molecule has 2 atom stereocenters. The number of hydrogen-bond acceptors (Lipinski definition) is 5. The number of rotatable bonds is 5. The topological polar surface area (TPSA) is 71.9 Å². The van der Waals surface area contributed by atoms with Crippen molar-refractivity contribution < 1.29 is 19.4 Å². The number of pyridine rings is 1. The molecular formula is C15H22N2O4. The molecule has 0 bridgehead atoms. The minimum atomic E-state index is -0.535. The monoisotopic (exact) mass is 294 g/mol. The number of amides is 1. The number of methoxy groups -OCH3 is 1. The molecule has 2 rings (SSSR count). The molecule has 0 radical (unpaired) electrons. The molecule has 0 spiro atoms. The molecule has 6 nitrogen and oxygen atoms in total. The summed E-state index contributed by atoms with van der Waals surface area (Å²) in [7, 11) is 1.56.